The molecule has 3 aromatic heterocycles. The number of ether oxygens (including phenoxy) is 1. The van der Waals surface area contributed by atoms with Gasteiger partial charge in [-0.1, -0.05) is 6.07 Å². The van der Waals surface area contributed by atoms with Gasteiger partial charge in [-0.3, -0.25) is 4.98 Å². The van der Waals surface area contributed by atoms with Crippen LogP contribution in [0.25, 0.3) is 33.5 Å². The highest BCUT2D eigenvalue weighted by atomic mass is 19.4. The van der Waals surface area contributed by atoms with Gasteiger partial charge in [0, 0.05) is 40.7 Å². The lowest BCUT2D eigenvalue weighted by Gasteiger charge is -2.14. The molecule has 2 aromatic carbocycles. The van der Waals surface area contributed by atoms with Crippen LogP contribution >= 0.6 is 0 Å². The standard InChI is InChI=1S/C27H17F6N5O/c1-39-22-11-5-16(14-35-22)24-37-21-13-15(23-20(27(31,32)33)3-2-12-34-23)4-10-19(21)25(38-24)36-18-8-6-17(7-9-18)26(28,29)30/h2-14H,1H3,(H,36,37,38). The minimum Gasteiger partial charge on any atom is -0.481 e. The van der Waals surface area contributed by atoms with Crippen LogP contribution < -0.4 is 10.1 Å². The Kier molecular flexibility index (Phi) is 6.54. The predicted octanol–water partition coefficient (Wildman–Crippen LogP) is 7.54. The number of pyridine rings is 2. The van der Waals surface area contributed by atoms with Crippen LogP contribution in [0.4, 0.5) is 37.8 Å². The molecule has 3 heterocycles. The molecule has 5 aromatic rings. The van der Waals surface area contributed by atoms with Gasteiger partial charge < -0.3 is 10.1 Å². The zero-order chi connectivity index (χ0) is 27.8. The lowest BCUT2D eigenvalue weighted by molar-refractivity contribution is -0.138. The molecule has 0 saturated carbocycles. The van der Waals surface area contributed by atoms with E-state index in [0.29, 0.717) is 22.5 Å². The van der Waals surface area contributed by atoms with Gasteiger partial charge in [0.15, 0.2) is 5.82 Å². The van der Waals surface area contributed by atoms with Crippen molar-refractivity contribution < 1.29 is 31.1 Å². The van der Waals surface area contributed by atoms with Gasteiger partial charge in [0.05, 0.1) is 29.4 Å². The fourth-order valence-electron chi connectivity index (χ4n) is 3.88. The number of hydrogen-bond donors (Lipinski definition) is 1. The van der Waals surface area contributed by atoms with Crippen molar-refractivity contribution in [3.8, 4) is 28.5 Å². The van der Waals surface area contributed by atoms with Gasteiger partial charge >= 0.3 is 12.4 Å². The van der Waals surface area contributed by atoms with E-state index in [1.54, 1.807) is 12.1 Å². The minimum atomic E-state index is -4.63. The molecule has 198 valence electrons. The maximum Gasteiger partial charge on any atom is 0.418 e. The third-order valence-corrected chi connectivity index (χ3v) is 5.76. The summed E-state index contributed by atoms with van der Waals surface area (Å²) >= 11 is 0. The fourth-order valence-corrected chi connectivity index (χ4v) is 3.88. The molecule has 1 N–H and O–H groups in total. The van der Waals surface area contributed by atoms with Crippen molar-refractivity contribution in [1.82, 2.24) is 19.9 Å². The number of halogens is 6. The van der Waals surface area contributed by atoms with Gasteiger partial charge in [-0.15, -0.1) is 0 Å². The Morgan fingerprint density at radius 2 is 1.51 bits per heavy atom. The highest BCUT2D eigenvalue weighted by Crippen LogP contribution is 2.38. The molecule has 39 heavy (non-hydrogen) atoms. The summed E-state index contributed by atoms with van der Waals surface area (Å²) in [4.78, 5) is 17.2. The van der Waals surface area contributed by atoms with E-state index in [2.05, 4.69) is 25.3 Å². The second-order valence-corrected chi connectivity index (χ2v) is 8.31. The molecule has 0 bridgehead atoms. The Morgan fingerprint density at radius 1 is 0.769 bits per heavy atom. The van der Waals surface area contributed by atoms with Crippen molar-refractivity contribution in [2.24, 2.45) is 0 Å². The SMILES string of the molecule is COc1ccc(-c2nc(Nc3ccc(C(F)(F)F)cc3)c3ccc(-c4ncccc4C(F)(F)F)cc3n2)cn1. The van der Waals surface area contributed by atoms with Gasteiger partial charge in [0.2, 0.25) is 5.88 Å². The molecule has 0 aliphatic heterocycles. The molecule has 0 amide bonds. The number of fused-ring (bicyclic) bond motifs is 1. The molecule has 0 unspecified atom stereocenters. The normalized spacial score (nSPS) is 12.0. The van der Waals surface area contributed by atoms with E-state index >= 15 is 0 Å². The smallest absolute Gasteiger partial charge is 0.418 e. The Balaban J connectivity index is 1.65. The summed E-state index contributed by atoms with van der Waals surface area (Å²) < 4.78 is 85.0. The number of hydrogen-bond acceptors (Lipinski definition) is 6. The molecular weight excluding hydrogens is 524 g/mol. The van der Waals surface area contributed by atoms with Crippen LogP contribution in [0.2, 0.25) is 0 Å². The van der Waals surface area contributed by atoms with E-state index in [0.717, 1.165) is 18.2 Å². The summed E-state index contributed by atoms with van der Waals surface area (Å²) in [6.07, 6.45) is -6.39. The lowest BCUT2D eigenvalue weighted by atomic mass is 10.0. The summed E-state index contributed by atoms with van der Waals surface area (Å²) in [6, 6.07) is 14.2. The molecule has 0 spiro atoms. The first kappa shape index (κ1) is 25.9. The molecule has 6 nitrogen and oxygen atoms in total. The lowest BCUT2D eigenvalue weighted by Crippen LogP contribution is -2.08. The van der Waals surface area contributed by atoms with Crippen molar-refractivity contribution in [3.63, 3.8) is 0 Å². The molecule has 0 saturated heterocycles. The number of nitrogens with zero attached hydrogens (tertiary/aromatic N) is 4. The van der Waals surface area contributed by atoms with Crippen molar-refractivity contribution in [3.05, 3.63) is 90.3 Å². The number of benzene rings is 2. The van der Waals surface area contributed by atoms with E-state index < -0.39 is 23.5 Å². The monoisotopic (exact) mass is 541 g/mol. The molecule has 0 aliphatic carbocycles. The summed E-state index contributed by atoms with van der Waals surface area (Å²) in [5.41, 5.74) is -0.736. The minimum absolute atomic E-state index is 0.174. The first-order chi connectivity index (χ1) is 18.5. The van der Waals surface area contributed by atoms with Gasteiger partial charge in [0.25, 0.3) is 0 Å². The van der Waals surface area contributed by atoms with Gasteiger partial charge in [0.1, 0.15) is 5.82 Å². The fraction of sp³-hybridized carbons (Fsp3) is 0.111. The molecular formula is C27H17F6N5O. The van der Waals surface area contributed by atoms with Crippen LogP contribution in [-0.2, 0) is 12.4 Å². The van der Waals surface area contributed by atoms with E-state index in [-0.39, 0.29) is 28.4 Å². The topological polar surface area (TPSA) is 72.8 Å². The molecule has 0 radical (unpaired) electrons. The summed E-state index contributed by atoms with van der Waals surface area (Å²) in [6.45, 7) is 0. The van der Waals surface area contributed by atoms with Crippen LogP contribution in [0, 0.1) is 0 Å². The zero-order valence-electron chi connectivity index (χ0n) is 20.0. The Hall–Kier alpha value is -4.74. The molecule has 0 aliphatic rings. The van der Waals surface area contributed by atoms with E-state index in [1.807, 2.05) is 0 Å². The van der Waals surface area contributed by atoms with Crippen molar-refractivity contribution in [2.45, 2.75) is 12.4 Å². The zero-order valence-corrected chi connectivity index (χ0v) is 20.0. The Labute approximate surface area is 217 Å². The average molecular weight is 541 g/mol. The van der Waals surface area contributed by atoms with Crippen LogP contribution in [0.15, 0.2) is 79.1 Å². The first-order valence-corrected chi connectivity index (χ1v) is 11.3. The summed E-state index contributed by atoms with van der Waals surface area (Å²) in [5, 5.41) is 3.42. The predicted molar refractivity (Wildman–Crippen MR) is 132 cm³/mol. The van der Waals surface area contributed by atoms with Gasteiger partial charge in [-0.2, -0.15) is 26.3 Å². The third-order valence-electron chi connectivity index (χ3n) is 5.76. The van der Waals surface area contributed by atoms with Crippen LogP contribution in [0.3, 0.4) is 0 Å². The number of methoxy groups -OCH3 is 1. The van der Waals surface area contributed by atoms with Gasteiger partial charge in [-0.25, -0.2) is 15.0 Å². The van der Waals surface area contributed by atoms with Crippen LogP contribution in [-0.4, -0.2) is 27.0 Å². The second kappa shape index (κ2) is 9.86. The largest absolute Gasteiger partial charge is 0.481 e. The van der Waals surface area contributed by atoms with E-state index in [4.69, 9.17) is 4.74 Å². The van der Waals surface area contributed by atoms with Crippen LogP contribution in [0.1, 0.15) is 11.1 Å². The maximum atomic E-state index is 13.6. The van der Waals surface area contributed by atoms with E-state index in [1.165, 1.54) is 55.9 Å². The molecule has 12 heteroatoms. The van der Waals surface area contributed by atoms with Crippen LogP contribution in [0.5, 0.6) is 5.88 Å². The molecule has 0 fully saturated rings. The number of alkyl halides is 6. The quantitative estimate of drug-likeness (QED) is 0.232. The molecule has 5 rings (SSSR count). The van der Waals surface area contributed by atoms with Crippen molar-refractivity contribution in [1.29, 1.82) is 0 Å². The maximum absolute atomic E-state index is 13.6. The highest BCUT2D eigenvalue weighted by molar-refractivity contribution is 5.94. The first-order valence-electron chi connectivity index (χ1n) is 11.3. The second-order valence-electron chi connectivity index (χ2n) is 8.31. The summed E-state index contributed by atoms with van der Waals surface area (Å²) in [5.74, 6) is 0.759. The highest BCUT2D eigenvalue weighted by Gasteiger charge is 2.34. The van der Waals surface area contributed by atoms with Crippen molar-refractivity contribution in [2.75, 3.05) is 12.4 Å². The third kappa shape index (κ3) is 5.44. The molecule has 0 atom stereocenters. The van der Waals surface area contributed by atoms with Crippen molar-refractivity contribution >= 4 is 22.4 Å². The number of anilines is 2. The Morgan fingerprint density at radius 3 is 2.15 bits per heavy atom. The van der Waals surface area contributed by atoms with E-state index in [9.17, 15) is 26.3 Å². The summed E-state index contributed by atoms with van der Waals surface area (Å²) in [7, 11) is 1.45. The average Bonchev–Trinajstić information content (AvgIpc) is 2.92. The number of rotatable bonds is 5. The Bertz CT molecular complexity index is 1640. The number of aromatic nitrogens is 4. The number of nitrogens with one attached hydrogen (secondary N) is 1. The van der Waals surface area contributed by atoms with Gasteiger partial charge in [-0.05, 0) is 54.6 Å².